The van der Waals surface area contributed by atoms with E-state index in [2.05, 4.69) is 0 Å². The van der Waals surface area contributed by atoms with Crippen molar-refractivity contribution in [2.75, 3.05) is 7.11 Å². The highest BCUT2D eigenvalue weighted by molar-refractivity contribution is 5.83. The monoisotopic (exact) mass is 220 g/mol. The van der Waals surface area contributed by atoms with Crippen LogP contribution >= 0.6 is 0 Å². The molecule has 1 fully saturated rings. The zero-order chi connectivity index (χ0) is 11.5. The van der Waals surface area contributed by atoms with Gasteiger partial charge in [0.25, 0.3) is 0 Å². The number of aliphatic hydroxyl groups excluding tert-OH is 1. The summed E-state index contributed by atoms with van der Waals surface area (Å²) in [4.78, 5) is 11.6. The second-order valence-corrected chi connectivity index (χ2v) is 4.19. The molecule has 1 aliphatic carbocycles. The van der Waals surface area contributed by atoms with Crippen molar-refractivity contribution in [3.05, 3.63) is 29.8 Å². The smallest absolute Gasteiger partial charge is 0.138 e. The molecule has 1 aliphatic rings. The predicted molar refractivity (Wildman–Crippen MR) is 60.3 cm³/mol. The fraction of sp³-hybridized carbons (Fsp3) is 0.462. The average molecular weight is 220 g/mol. The Morgan fingerprint density at radius 3 is 2.94 bits per heavy atom. The highest BCUT2D eigenvalue weighted by Gasteiger charge is 2.31. The number of Topliss-reactive ketones (excluding diaryl/α,β-unsaturated/α-hetero) is 1. The molecule has 16 heavy (non-hydrogen) atoms. The second-order valence-electron chi connectivity index (χ2n) is 4.19. The fourth-order valence-corrected chi connectivity index (χ4v) is 2.23. The number of methoxy groups -OCH3 is 1. The van der Waals surface area contributed by atoms with Gasteiger partial charge >= 0.3 is 0 Å². The van der Waals surface area contributed by atoms with Crippen molar-refractivity contribution in [2.24, 2.45) is 5.92 Å². The van der Waals surface area contributed by atoms with Crippen LogP contribution in [0.25, 0.3) is 0 Å². The standard InChI is InChI=1S/C13H16O3/c1-16-10-5-2-4-9(8-10)13(15)11-6-3-7-12(11)14/h2,4-5,8,11,13,15H,3,6-7H2,1H3/t11-,13+/m1/s1. The third kappa shape index (κ3) is 2.09. The summed E-state index contributed by atoms with van der Waals surface area (Å²) in [6, 6.07) is 7.28. The summed E-state index contributed by atoms with van der Waals surface area (Å²) < 4.78 is 5.10. The Morgan fingerprint density at radius 2 is 2.31 bits per heavy atom. The predicted octanol–water partition coefficient (Wildman–Crippen LogP) is 2.10. The van der Waals surface area contributed by atoms with Crippen LogP contribution in [0.3, 0.4) is 0 Å². The Morgan fingerprint density at radius 1 is 1.50 bits per heavy atom. The first-order valence-corrected chi connectivity index (χ1v) is 5.57. The molecule has 0 aliphatic heterocycles. The van der Waals surface area contributed by atoms with Crippen LogP contribution in [0.15, 0.2) is 24.3 Å². The first kappa shape index (κ1) is 11.1. The van der Waals surface area contributed by atoms with Gasteiger partial charge in [0.05, 0.1) is 13.2 Å². The number of hydrogen-bond acceptors (Lipinski definition) is 3. The molecule has 0 saturated heterocycles. The second kappa shape index (κ2) is 4.66. The van der Waals surface area contributed by atoms with E-state index < -0.39 is 6.10 Å². The van der Waals surface area contributed by atoms with Gasteiger partial charge < -0.3 is 9.84 Å². The summed E-state index contributed by atoms with van der Waals surface area (Å²) in [6.07, 6.45) is 1.60. The molecule has 86 valence electrons. The molecule has 3 nitrogen and oxygen atoms in total. The zero-order valence-electron chi connectivity index (χ0n) is 9.35. The third-order valence-electron chi connectivity index (χ3n) is 3.17. The van der Waals surface area contributed by atoms with Gasteiger partial charge in [-0.25, -0.2) is 0 Å². The molecule has 1 N–H and O–H groups in total. The summed E-state index contributed by atoms with van der Waals surface area (Å²) in [5, 5.41) is 10.1. The molecule has 0 aromatic heterocycles. The number of hydrogen-bond donors (Lipinski definition) is 1. The lowest BCUT2D eigenvalue weighted by Gasteiger charge is -2.17. The van der Waals surface area contributed by atoms with E-state index in [-0.39, 0.29) is 11.7 Å². The number of rotatable bonds is 3. The molecule has 0 heterocycles. The lowest BCUT2D eigenvalue weighted by Crippen LogP contribution is -2.16. The van der Waals surface area contributed by atoms with Crippen LogP contribution in [0.5, 0.6) is 5.75 Å². The van der Waals surface area contributed by atoms with E-state index in [0.29, 0.717) is 12.2 Å². The van der Waals surface area contributed by atoms with Gasteiger partial charge in [-0.1, -0.05) is 12.1 Å². The molecule has 0 amide bonds. The molecule has 2 rings (SSSR count). The number of ether oxygens (including phenoxy) is 1. The average Bonchev–Trinajstić information content (AvgIpc) is 2.74. The first-order chi connectivity index (χ1) is 7.72. The van der Waals surface area contributed by atoms with Crippen molar-refractivity contribution in [3.8, 4) is 5.75 Å². The van der Waals surface area contributed by atoms with Gasteiger partial charge in [0.1, 0.15) is 11.5 Å². The van der Waals surface area contributed by atoms with E-state index >= 15 is 0 Å². The van der Waals surface area contributed by atoms with Crippen LogP contribution in [-0.4, -0.2) is 18.0 Å². The molecule has 1 saturated carbocycles. The normalized spacial score (nSPS) is 22.1. The number of carbonyl (C=O) groups excluding carboxylic acids is 1. The Bertz CT molecular complexity index is 387. The SMILES string of the molecule is COc1cccc([C@H](O)[C@@H]2CCCC2=O)c1. The van der Waals surface area contributed by atoms with Crippen molar-refractivity contribution in [1.29, 1.82) is 0 Å². The van der Waals surface area contributed by atoms with Crippen molar-refractivity contribution in [1.82, 2.24) is 0 Å². The Labute approximate surface area is 95.0 Å². The van der Waals surface area contributed by atoms with Crippen LogP contribution in [-0.2, 0) is 4.79 Å². The van der Waals surface area contributed by atoms with Crippen molar-refractivity contribution in [2.45, 2.75) is 25.4 Å². The minimum absolute atomic E-state index is 0.176. The Balaban J connectivity index is 2.19. The van der Waals surface area contributed by atoms with Crippen LogP contribution in [0.1, 0.15) is 30.9 Å². The van der Waals surface area contributed by atoms with Crippen LogP contribution in [0.4, 0.5) is 0 Å². The summed E-state index contributed by atoms with van der Waals surface area (Å²) >= 11 is 0. The maximum absolute atomic E-state index is 11.6. The summed E-state index contributed by atoms with van der Waals surface area (Å²) in [5.41, 5.74) is 0.764. The molecule has 0 unspecified atom stereocenters. The van der Waals surface area contributed by atoms with E-state index in [9.17, 15) is 9.90 Å². The van der Waals surface area contributed by atoms with E-state index in [1.54, 1.807) is 13.2 Å². The zero-order valence-corrected chi connectivity index (χ0v) is 9.35. The van der Waals surface area contributed by atoms with Gasteiger partial charge in [-0.15, -0.1) is 0 Å². The molecule has 0 spiro atoms. The van der Waals surface area contributed by atoms with Gasteiger partial charge in [-0.3, -0.25) is 4.79 Å². The number of carbonyl (C=O) groups is 1. The van der Waals surface area contributed by atoms with Gasteiger partial charge in [-0.2, -0.15) is 0 Å². The Hall–Kier alpha value is -1.35. The van der Waals surface area contributed by atoms with Gasteiger partial charge in [-0.05, 0) is 30.5 Å². The molecular weight excluding hydrogens is 204 g/mol. The lowest BCUT2D eigenvalue weighted by molar-refractivity contribution is -0.123. The number of aliphatic hydroxyl groups is 1. The molecule has 0 bridgehead atoms. The summed E-state index contributed by atoms with van der Waals surface area (Å²) in [5.74, 6) is 0.657. The molecule has 3 heteroatoms. The highest BCUT2D eigenvalue weighted by atomic mass is 16.5. The van der Waals surface area contributed by atoms with Crippen molar-refractivity contribution < 1.29 is 14.6 Å². The van der Waals surface area contributed by atoms with Gasteiger partial charge in [0.2, 0.25) is 0 Å². The van der Waals surface area contributed by atoms with E-state index in [0.717, 1.165) is 18.4 Å². The molecule has 2 atom stereocenters. The maximum atomic E-state index is 11.6. The van der Waals surface area contributed by atoms with E-state index in [1.165, 1.54) is 0 Å². The van der Waals surface area contributed by atoms with E-state index in [4.69, 9.17) is 4.74 Å². The largest absolute Gasteiger partial charge is 0.497 e. The van der Waals surface area contributed by atoms with Crippen LogP contribution in [0.2, 0.25) is 0 Å². The minimum Gasteiger partial charge on any atom is -0.497 e. The first-order valence-electron chi connectivity index (χ1n) is 5.57. The molecule has 0 radical (unpaired) electrons. The van der Waals surface area contributed by atoms with E-state index in [1.807, 2.05) is 18.2 Å². The lowest BCUT2D eigenvalue weighted by atomic mass is 9.93. The molecular formula is C13H16O3. The molecule has 1 aromatic rings. The topological polar surface area (TPSA) is 46.5 Å². The summed E-state index contributed by atoms with van der Waals surface area (Å²) in [7, 11) is 1.59. The van der Waals surface area contributed by atoms with Gasteiger partial charge in [0, 0.05) is 12.3 Å². The van der Waals surface area contributed by atoms with Crippen LogP contribution in [0, 0.1) is 5.92 Å². The third-order valence-corrected chi connectivity index (χ3v) is 3.17. The Kier molecular flexibility index (Phi) is 3.25. The minimum atomic E-state index is -0.690. The number of ketones is 1. The highest BCUT2D eigenvalue weighted by Crippen LogP contribution is 2.34. The number of benzene rings is 1. The quantitative estimate of drug-likeness (QED) is 0.848. The van der Waals surface area contributed by atoms with Gasteiger partial charge in [0.15, 0.2) is 0 Å². The van der Waals surface area contributed by atoms with Crippen LogP contribution < -0.4 is 4.74 Å². The fourth-order valence-electron chi connectivity index (χ4n) is 2.23. The van der Waals surface area contributed by atoms with Crippen molar-refractivity contribution in [3.63, 3.8) is 0 Å². The maximum Gasteiger partial charge on any atom is 0.138 e. The molecule has 1 aromatic carbocycles. The van der Waals surface area contributed by atoms with Crippen molar-refractivity contribution >= 4 is 5.78 Å². The summed E-state index contributed by atoms with van der Waals surface area (Å²) in [6.45, 7) is 0.